The monoisotopic (exact) mass is 372 g/mol. The van der Waals surface area contributed by atoms with Crippen LogP contribution >= 0.6 is 0 Å². The van der Waals surface area contributed by atoms with E-state index in [0.717, 1.165) is 12.1 Å². The molecule has 0 saturated carbocycles. The summed E-state index contributed by atoms with van der Waals surface area (Å²) in [5.41, 5.74) is 1.89. The quantitative estimate of drug-likeness (QED) is 0.619. The van der Waals surface area contributed by atoms with E-state index in [2.05, 4.69) is 10.3 Å². The molecule has 2 rings (SSSR count). The van der Waals surface area contributed by atoms with Crippen LogP contribution in [0.25, 0.3) is 0 Å². The first-order chi connectivity index (χ1) is 12.1. The van der Waals surface area contributed by atoms with E-state index in [0.29, 0.717) is 0 Å². The second-order valence-corrected chi connectivity index (χ2v) is 5.41. The number of carbonyl (C=O) groups excluding carboxylic acids is 1. The number of H-pyrrole nitrogens is 2. The predicted octanol–water partition coefficient (Wildman–Crippen LogP) is 0.861. The molecule has 0 spiro atoms. The number of nitrogen functional groups attached to an aromatic ring is 1. The average Bonchev–Trinajstić information content (AvgIpc) is 2.55. The van der Waals surface area contributed by atoms with Gasteiger partial charge in [-0.25, -0.2) is 4.79 Å². The molecule has 2 aromatic rings. The van der Waals surface area contributed by atoms with Crippen LogP contribution in [0.2, 0.25) is 0 Å². The summed E-state index contributed by atoms with van der Waals surface area (Å²) in [6.07, 6.45) is -4.50. The lowest BCUT2D eigenvalue weighted by Gasteiger charge is -2.16. The summed E-state index contributed by atoms with van der Waals surface area (Å²) in [4.78, 5) is 38.6. The number of rotatable bonds is 5. The van der Waals surface area contributed by atoms with Crippen LogP contribution in [0.15, 0.2) is 33.9 Å². The molecule has 8 nitrogen and oxygen atoms in total. The van der Waals surface area contributed by atoms with Crippen molar-refractivity contribution in [3.05, 3.63) is 56.4 Å². The fourth-order valence-electron chi connectivity index (χ4n) is 2.00. The number of nitrogens with two attached hydrogens (primary N) is 1. The maximum absolute atomic E-state index is 12.6. The van der Waals surface area contributed by atoms with Gasteiger partial charge in [-0.3, -0.25) is 14.6 Å². The SMILES string of the molecule is CC(COc1cccc(C(F)(F)F)c1)NC(=O)c1[nH]c(=O)[nH]c(=O)c1N. The number of benzene rings is 1. The number of aromatic nitrogens is 2. The Balaban J connectivity index is 2.01. The zero-order chi connectivity index (χ0) is 19.5. The van der Waals surface area contributed by atoms with E-state index in [1.54, 1.807) is 0 Å². The molecule has 1 amide bonds. The summed E-state index contributed by atoms with van der Waals surface area (Å²) >= 11 is 0. The first-order valence-electron chi connectivity index (χ1n) is 7.31. The van der Waals surface area contributed by atoms with Gasteiger partial charge in [-0.05, 0) is 25.1 Å². The lowest BCUT2D eigenvalue weighted by atomic mass is 10.2. The number of nitrogens with one attached hydrogen (secondary N) is 3. The Labute approximate surface area is 144 Å². The lowest BCUT2D eigenvalue weighted by molar-refractivity contribution is -0.137. The second kappa shape index (κ2) is 7.33. The first kappa shape index (κ1) is 19.1. The maximum Gasteiger partial charge on any atom is 0.416 e. The minimum atomic E-state index is -4.50. The van der Waals surface area contributed by atoms with Crippen molar-refractivity contribution >= 4 is 11.6 Å². The summed E-state index contributed by atoms with van der Waals surface area (Å²) in [5.74, 6) is -0.851. The van der Waals surface area contributed by atoms with Crippen molar-refractivity contribution in [2.24, 2.45) is 0 Å². The number of hydrogen-bond donors (Lipinski definition) is 4. The Morgan fingerprint density at radius 1 is 1.31 bits per heavy atom. The molecule has 0 saturated heterocycles. The highest BCUT2D eigenvalue weighted by Crippen LogP contribution is 2.31. The van der Waals surface area contributed by atoms with Crippen molar-refractivity contribution in [1.82, 2.24) is 15.3 Å². The normalized spacial score (nSPS) is 12.5. The molecule has 11 heteroatoms. The summed E-state index contributed by atoms with van der Waals surface area (Å²) in [6, 6.07) is 3.63. The highest BCUT2D eigenvalue weighted by molar-refractivity contribution is 5.96. The van der Waals surface area contributed by atoms with Gasteiger partial charge in [0, 0.05) is 0 Å². The van der Waals surface area contributed by atoms with E-state index in [9.17, 15) is 27.6 Å². The fourth-order valence-corrected chi connectivity index (χ4v) is 2.00. The third kappa shape index (κ3) is 4.65. The zero-order valence-electron chi connectivity index (χ0n) is 13.4. The molecular formula is C15H15F3N4O4. The predicted molar refractivity (Wildman–Crippen MR) is 86.0 cm³/mol. The van der Waals surface area contributed by atoms with Gasteiger partial charge >= 0.3 is 11.9 Å². The summed E-state index contributed by atoms with van der Waals surface area (Å²) in [5, 5.41) is 2.42. The van der Waals surface area contributed by atoms with Crippen molar-refractivity contribution in [2.45, 2.75) is 19.1 Å². The van der Waals surface area contributed by atoms with Crippen molar-refractivity contribution in [3.63, 3.8) is 0 Å². The minimum absolute atomic E-state index is 0.0231. The number of alkyl halides is 3. The van der Waals surface area contributed by atoms with Crippen molar-refractivity contribution in [2.75, 3.05) is 12.3 Å². The number of ether oxygens (including phenoxy) is 1. The van der Waals surface area contributed by atoms with E-state index in [4.69, 9.17) is 10.5 Å². The van der Waals surface area contributed by atoms with E-state index < -0.39 is 46.3 Å². The molecule has 1 atom stereocenters. The maximum atomic E-state index is 12.6. The van der Waals surface area contributed by atoms with Crippen LogP contribution in [0, 0.1) is 0 Å². The lowest BCUT2D eigenvalue weighted by Crippen LogP contribution is -2.40. The van der Waals surface area contributed by atoms with Gasteiger partial charge in [0.15, 0.2) is 0 Å². The van der Waals surface area contributed by atoms with Gasteiger partial charge in [0.1, 0.15) is 23.7 Å². The van der Waals surface area contributed by atoms with E-state index in [-0.39, 0.29) is 12.4 Å². The van der Waals surface area contributed by atoms with Crippen LogP contribution < -0.4 is 27.0 Å². The average molecular weight is 372 g/mol. The van der Waals surface area contributed by atoms with Crippen LogP contribution in [0.3, 0.4) is 0 Å². The largest absolute Gasteiger partial charge is 0.491 e. The molecule has 1 aromatic carbocycles. The molecule has 0 aliphatic heterocycles. The Bertz CT molecular complexity index is 920. The molecule has 0 aliphatic rings. The number of anilines is 1. The molecule has 26 heavy (non-hydrogen) atoms. The number of amides is 1. The summed E-state index contributed by atoms with van der Waals surface area (Å²) in [7, 11) is 0. The highest BCUT2D eigenvalue weighted by Gasteiger charge is 2.30. The van der Waals surface area contributed by atoms with Crippen molar-refractivity contribution in [1.29, 1.82) is 0 Å². The molecule has 0 fully saturated rings. The smallest absolute Gasteiger partial charge is 0.416 e. The minimum Gasteiger partial charge on any atom is -0.491 e. The third-order valence-corrected chi connectivity index (χ3v) is 3.25. The Morgan fingerprint density at radius 3 is 2.65 bits per heavy atom. The third-order valence-electron chi connectivity index (χ3n) is 3.25. The fraction of sp³-hybridized carbons (Fsp3) is 0.267. The zero-order valence-corrected chi connectivity index (χ0v) is 13.4. The Hall–Kier alpha value is -3.24. The van der Waals surface area contributed by atoms with Gasteiger partial charge < -0.3 is 20.8 Å². The van der Waals surface area contributed by atoms with E-state index >= 15 is 0 Å². The Kier molecular flexibility index (Phi) is 5.38. The van der Waals surface area contributed by atoms with Gasteiger partial charge in [0.25, 0.3) is 11.5 Å². The summed E-state index contributed by atoms with van der Waals surface area (Å²) in [6.45, 7) is 1.37. The Morgan fingerprint density at radius 2 is 2.00 bits per heavy atom. The number of hydrogen-bond acceptors (Lipinski definition) is 5. The van der Waals surface area contributed by atoms with Crippen LogP contribution in [0.5, 0.6) is 5.75 Å². The van der Waals surface area contributed by atoms with Gasteiger partial charge in [-0.1, -0.05) is 6.07 Å². The number of aromatic amines is 2. The van der Waals surface area contributed by atoms with E-state index in [1.807, 2.05) is 4.98 Å². The molecular weight excluding hydrogens is 357 g/mol. The van der Waals surface area contributed by atoms with Crippen molar-refractivity contribution < 1.29 is 22.7 Å². The summed E-state index contributed by atoms with van der Waals surface area (Å²) < 4.78 is 43.2. The van der Waals surface area contributed by atoms with Gasteiger partial charge in [0.05, 0.1) is 11.6 Å². The van der Waals surface area contributed by atoms with Crippen LogP contribution in [0.1, 0.15) is 23.0 Å². The van der Waals surface area contributed by atoms with Crippen LogP contribution in [-0.2, 0) is 6.18 Å². The molecule has 5 N–H and O–H groups in total. The number of halogens is 3. The molecule has 0 radical (unpaired) electrons. The standard InChI is InChI=1S/C15H15F3N4O4/c1-7(6-26-9-4-2-3-8(5-9)15(16,17)18)20-13(24)11-10(19)12(23)22-14(25)21-11/h2-5,7H,6,19H2,1H3,(H,20,24)(H2,21,22,23,25). The molecule has 0 aliphatic carbocycles. The van der Waals surface area contributed by atoms with Gasteiger partial charge in [0.2, 0.25) is 0 Å². The van der Waals surface area contributed by atoms with Gasteiger partial charge in [-0.2, -0.15) is 13.2 Å². The topological polar surface area (TPSA) is 130 Å². The molecule has 0 bridgehead atoms. The second-order valence-electron chi connectivity index (χ2n) is 5.41. The van der Waals surface area contributed by atoms with Gasteiger partial charge in [-0.15, -0.1) is 0 Å². The van der Waals surface area contributed by atoms with E-state index in [1.165, 1.54) is 19.1 Å². The molecule has 1 aromatic heterocycles. The highest BCUT2D eigenvalue weighted by atomic mass is 19.4. The van der Waals surface area contributed by atoms with Crippen LogP contribution in [-0.4, -0.2) is 28.5 Å². The van der Waals surface area contributed by atoms with Crippen molar-refractivity contribution in [3.8, 4) is 5.75 Å². The molecule has 1 heterocycles. The molecule has 140 valence electrons. The van der Waals surface area contributed by atoms with Crippen LogP contribution in [0.4, 0.5) is 18.9 Å². The first-order valence-corrected chi connectivity index (χ1v) is 7.31. The molecule has 1 unspecified atom stereocenters. The number of carbonyl (C=O) groups is 1.